The summed E-state index contributed by atoms with van der Waals surface area (Å²) >= 11 is 0. The molecule has 1 aromatic carbocycles. The van der Waals surface area contributed by atoms with Gasteiger partial charge in [0.1, 0.15) is 13.2 Å². The van der Waals surface area contributed by atoms with Gasteiger partial charge in [0.25, 0.3) is 0 Å². The van der Waals surface area contributed by atoms with E-state index < -0.39 is 29.8 Å². The Morgan fingerprint density at radius 1 is 1.33 bits per heavy atom. The van der Waals surface area contributed by atoms with Crippen molar-refractivity contribution in [2.24, 2.45) is 5.92 Å². The van der Waals surface area contributed by atoms with Gasteiger partial charge in [-0.2, -0.15) is 0 Å². The number of alkyl halides is 2. The first kappa shape index (κ1) is 18.8. The van der Waals surface area contributed by atoms with Crippen LogP contribution in [0.15, 0.2) is 30.3 Å². The average molecular weight is 342 g/mol. The average Bonchev–Trinajstić information content (AvgIpc) is 2.86. The zero-order chi connectivity index (χ0) is 18.0. The maximum absolute atomic E-state index is 13.6. The number of halogens is 2. The number of nitrogens with zero attached hydrogens (tertiary/aromatic N) is 1. The van der Waals surface area contributed by atoms with Gasteiger partial charge in [-0.05, 0) is 12.0 Å². The monoisotopic (exact) mass is 342 g/mol. The fourth-order valence-corrected chi connectivity index (χ4v) is 3.04. The van der Waals surface area contributed by atoms with Crippen LogP contribution in [-0.4, -0.2) is 55.8 Å². The summed E-state index contributed by atoms with van der Waals surface area (Å²) in [5.41, 5.74) is -1.73. The van der Waals surface area contributed by atoms with Crippen molar-refractivity contribution in [1.82, 2.24) is 0 Å². The molecule has 24 heavy (non-hydrogen) atoms. The summed E-state index contributed by atoms with van der Waals surface area (Å²) in [6, 6.07) is 8.25. The highest BCUT2D eigenvalue weighted by Crippen LogP contribution is 2.47. The highest BCUT2D eigenvalue weighted by molar-refractivity contribution is 5.81. The summed E-state index contributed by atoms with van der Waals surface area (Å²) in [7, 11) is 5.86. The maximum Gasteiger partial charge on any atom is 0.343 e. The largest absolute Gasteiger partial charge is 0.457 e. The van der Waals surface area contributed by atoms with Gasteiger partial charge in [0.05, 0.1) is 21.1 Å². The van der Waals surface area contributed by atoms with Crippen molar-refractivity contribution in [1.29, 1.82) is 0 Å². The summed E-state index contributed by atoms with van der Waals surface area (Å²) in [4.78, 5) is 12.6. The molecule has 134 valence electrons. The quantitative estimate of drug-likeness (QED) is 0.638. The number of hydrogen-bond acceptors (Lipinski definition) is 3. The molecule has 0 radical (unpaired) electrons. The predicted molar refractivity (Wildman–Crippen MR) is 86.5 cm³/mol. The molecule has 1 saturated carbocycles. The van der Waals surface area contributed by atoms with Gasteiger partial charge in [0.2, 0.25) is 5.92 Å². The molecule has 6 heteroatoms. The molecule has 0 unspecified atom stereocenters. The number of hydrogen-bond donors (Lipinski definition) is 1. The molecule has 0 heterocycles. The van der Waals surface area contributed by atoms with E-state index in [-0.39, 0.29) is 19.4 Å². The first-order valence-corrected chi connectivity index (χ1v) is 8.18. The van der Waals surface area contributed by atoms with E-state index in [1.54, 1.807) is 30.3 Å². The number of ether oxygens (including phenoxy) is 1. The molecule has 1 aliphatic rings. The molecule has 0 aliphatic heterocycles. The number of carbonyl (C=O) groups excluding carboxylic acids is 1. The molecular formula is C18H26F2NO3+. The molecule has 1 aliphatic carbocycles. The molecule has 0 bridgehead atoms. The van der Waals surface area contributed by atoms with E-state index in [1.807, 2.05) is 21.1 Å². The summed E-state index contributed by atoms with van der Waals surface area (Å²) in [5, 5.41) is 11.1. The van der Waals surface area contributed by atoms with Gasteiger partial charge < -0.3 is 14.3 Å². The van der Waals surface area contributed by atoms with Gasteiger partial charge >= 0.3 is 5.97 Å². The minimum atomic E-state index is -2.85. The Balaban J connectivity index is 2.22. The van der Waals surface area contributed by atoms with Crippen molar-refractivity contribution >= 4 is 5.97 Å². The van der Waals surface area contributed by atoms with Gasteiger partial charge in [-0.15, -0.1) is 0 Å². The number of benzene rings is 1. The number of esters is 1. The Bertz CT molecular complexity index is 571. The third kappa shape index (κ3) is 4.30. The molecule has 1 fully saturated rings. The van der Waals surface area contributed by atoms with Crippen molar-refractivity contribution < 1.29 is 27.9 Å². The molecule has 1 aromatic rings. The Morgan fingerprint density at radius 2 is 1.96 bits per heavy atom. The van der Waals surface area contributed by atoms with Crippen LogP contribution in [-0.2, 0) is 15.1 Å². The third-order valence-corrected chi connectivity index (χ3v) is 4.51. The second-order valence-electron chi connectivity index (χ2n) is 7.58. The molecule has 4 nitrogen and oxygen atoms in total. The third-order valence-electron chi connectivity index (χ3n) is 4.51. The minimum Gasteiger partial charge on any atom is -0.457 e. The molecule has 0 saturated heterocycles. The number of carbonyl (C=O) groups is 1. The van der Waals surface area contributed by atoms with Gasteiger partial charge in [0, 0.05) is 18.8 Å². The van der Waals surface area contributed by atoms with Crippen LogP contribution >= 0.6 is 0 Å². The number of quaternary nitrogens is 1. The van der Waals surface area contributed by atoms with E-state index in [2.05, 4.69) is 0 Å². The standard InChI is InChI=1S/C18H26F2NO3/c1-21(2,3)11-12-24-16(22)18(23,14-7-5-4-6-8-14)15-9-10-17(19,20)13-15/h4-8,15,23H,9-13H2,1-3H3/q+1/t15-,18+/m1/s1. The Kier molecular flexibility index (Phi) is 5.30. The fourth-order valence-electron chi connectivity index (χ4n) is 3.04. The molecule has 0 aromatic heterocycles. The van der Waals surface area contributed by atoms with Crippen LogP contribution in [0.25, 0.3) is 0 Å². The summed E-state index contributed by atoms with van der Waals surface area (Å²) in [6.45, 7) is 0.692. The minimum absolute atomic E-state index is 0.0861. The first-order valence-electron chi connectivity index (χ1n) is 8.18. The van der Waals surface area contributed by atoms with Crippen molar-refractivity contribution in [2.75, 3.05) is 34.3 Å². The van der Waals surface area contributed by atoms with E-state index >= 15 is 0 Å². The van der Waals surface area contributed by atoms with E-state index in [0.29, 0.717) is 16.6 Å². The van der Waals surface area contributed by atoms with E-state index in [1.165, 1.54) is 0 Å². The van der Waals surface area contributed by atoms with E-state index in [9.17, 15) is 18.7 Å². The van der Waals surface area contributed by atoms with Gasteiger partial charge in [0.15, 0.2) is 5.60 Å². The zero-order valence-electron chi connectivity index (χ0n) is 14.5. The SMILES string of the molecule is C[N+](C)(C)CCOC(=O)[C@](O)(c1ccccc1)[C@@H]1CCC(F)(F)C1. The maximum atomic E-state index is 13.6. The van der Waals surface area contributed by atoms with Gasteiger partial charge in [-0.1, -0.05) is 30.3 Å². The van der Waals surface area contributed by atoms with Crippen LogP contribution in [0.1, 0.15) is 24.8 Å². The number of aliphatic hydroxyl groups is 1. The van der Waals surface area contributed by atoms with Crippen LogP contribution in [0.2, 0.25) is 0 Å². The zero-order valence-corrected chi connectivity index (χ0v) is 14.5. The molecule has 0 spiro atoms. The first-order chi connectivity index (χ1) is 11.0. The Morgan fingerprint density at radius 3 is 2.46 bits per heavy atom. The number of rotatable bonds is 6. The van der Waals surface area contributed by atoms with Crippen molar-refractivity contribution in [3.05, 3.63) is 35.9 Å². The van der Waals surface area contributed by atoms with Crippen LogP contribution < -0.4 is 0 Å². The molecular weight excluding hydrogens is 316 g/mol. The summed E-state index contributed by atoms with van der Waals surface area (Å²) < 4.78 is 33.2. The van der Waals surface area contributed by atoms with Crippen LogP contribution in [0.3, 0.4) is 0 Å². The lowest BCUT2D eigenvalue weighted by atomic mass is 9.80. The summed E-state index contributed by atoms with van der Waals surface area (Å²) in [6.07, 6.45) is -0.745. The Labute approximate surface area is 141 Å². The Hall–Kier alpha value is -1.53. The van der Waals surface area contributed by atoms with E-state index in [4.69, 9.17) is 4.74 Å². The lowest BCUT2D eigenvalue weighted by molar-refractivity contribution is -0.870. The van der Waals surface area contributed by atoms with Gasteiger partial charge in [-0.25, -0.2) is 13.6 Å². The van der Waals surface area contributed by atoms with E-state index in [0.717, 1.165) is 0 Å². The predicted octanol–water partition coefficient (Wildman–Crippen LogP) is 2.56. The second kappa shape index (κ2) is 6.76. The molecule has 1 N–H and O–H groups in total. The van der Waals surface area contributed by atoms with Crippen molar-refractivity contribution in [3.8, 4) is 0 Å². The second-order valence-corrected chi connectivity index (χ2v) is 7.58. The lowest BCUT2D eigenvalue weighted by Gasteiger charge is -2.32. The number of likely N-dealkylation sites (N-methyl/N-ethyl adjacent to an activating group) is 1. The highest BCUT2D eigenvalue weighted by atomic mass is 19.3. The molecule has 0 amide bonds. The molecule has 2 atom stereocenters. The van der Waals surface area contributed by atoms with Crippen LogP contribution in [0.5, 0.6) is 0 Å². The lowest BCUT2D eigenvalue weighted by Crippen LogP contribution is -2.45. The van der Waals surface area contributed by atoms with Crippen LogP contribution in [0, 0.1) is 5.92 Å². The summed E-state index contributed by atoms with van der Waals surface area (Å²) in [5.74, 6) is -4.55. The fraction of sp³-hybridized carbons (Fsp3) is 0.611. The smallest absolute Gasteiger partial charge is 0.343 e. The normalized spacial score (nSPS) is 22.8. The van der Waals surface area contributed by atoms with Crippen molar-refractivity contribution in [2.45, 2.75) is 30.8 Å². The molecule has 2 rings (SSSR count). The topological polar surface area (TPSA) is 46.5 Å². The van der Waals surface area contributed by atoms with Crippen molar-refractivity contribution in [3.63, 3.8) is 0 Å². The van der Waals surface area contributed by atoms with Crippen LogP contribution in [0.4, 0.5) is 8.78 Å². The highest BCUT2D eigenvalue weighted by Gasteiger charge is 2.54. The van der Waals surface area contributed by atoms with Gasteiger partial charge in [-0.3, -0.25) is 0 Å².